The van der Waals surface area contributed by atoms with Gasteiger partial charge in [0.25, 0.3) is 0 Å². The average Bonchev–Trinajstić information content (AvgIpc) is 3.38. The Morgan fingerprint density at radius 1 is 1.17 bits per heavy atom. The molecule has 0 aliphatic carbocycles. The van der Waals surface area contributed by atoms with Gasteiger partial charge in [0.1, 0.15) is 17.0 Å². The number of aromatic nitrogens is 2. The van der Waals surface area contributed by atoms with Gasteiger partial charge < -0.3 is 10.4 Å². The maximum absolute atomic E-state index is 15.9. The summed E-state index contributed by atoms with van der Waals surface area (Å²) in [5, 5.41) is 28.3. The molecule has 2 aromatic carbocycles. The van der Waals surface area contributed by atoms with Crippen LogP contribution in [0.2, 0.25) is 10.0 Å². The van der Waals surface area contributed by atoms with Crippen molar-refractivity contribution in [3.63, 3.8) is 0 Å². The number of rotatable bonds is 7. The van der Waals surface area contributed by atoms with Gasteiger partial charge in [0.2, 0.25) is 5.91 Å². The largest absolute Gasteiger partial charge is 0.389 e. The fraction of sp³-hybridized carbons (Fsp3) is 0.452. The van der Waals surface area contributed by atoms with Crippen LogP contribution in [0.4, 0.5) is 14.6 Å². The minimum absolute atomic E-state index is 0.0182. The van der Waals surface area contributed by atoms with E-state index < -0.39 is 46.6 Å². The topological polar surface area (TPSA) is 94.2 Å². The van der Waals surface area contributed by atoms with Gasteiger partial charge in [0.05, 0.1) is 29.3 Å². The normalized spacial score (nSPS) is 23.1. The summed E-state index contributed by atoms with van der Waals surface area (Å²) in [7, 11) is 1.69. The van der Waals surface area contributed by atoms with Crippen molar-refractivity contribution in [2.75, 3.05) is 12.4 Å². The molecule has 4 rings (SSSR count). The first-order chi connectivity index (χ1) is 19.5. The van der Waals surface area contributed by atoms with Gasteiger partial charge in [-0.25, -0.2) is 8.78 Å². The van der Waals surface area contributed by atoms with Gasteiger partial charge in [-0.15, -0.1) is 0 Å². The minimum Gasteiger partial charge on any atom is -0.389 e. The SMILES string of the molecule is CN1C(C(=O)Nc2ccn(CC(C)(C)O)n2)C(c2cccc(Cl)c2F)C(C#N)(c2ccc(Cl)cc2F)C1CC(C)(C)C. The van der Waals surface area contributed by atoms with Crippen LogP contribution in [-0.4, -0.2) is 50.4 Å². The van der Waals surface area contributed by atoms with Gasteiger partial charge >= 0.3 is 0 Å². The average molecular weight is 619 g/mol. The van der Waals surface area contributed by atoms with Gasteiger partial charge in [-0.2, -0.15) is 10.4 Å². The number of aliphatic hydroxyl groups is 1. The predicted octanol–water partition coefficient (Wildman–Crippen LogP) is 6.54. The molecule has 0 saturated carbocycles. The lowest BCUT2D eigenvalue weighted by Crippen LogP contribution is -2.45. The van der Waals surface area contributed by atoms with E-state index in [0.717, 1.165) is 6.07 Å². The van der Waals surface area contributed by atoms with Crippen molar-refractivity contribution in [1.29, 1.82) is 5.26 Å². The second-order valence-electron chi connectivity index (χ2n) is 12.8. The highest BCUT2D eigenvalue weighted by Gasteiger charge is 2.63. The third-order valence-electron chi connectivity index (χ3n) is 7.66. The number of nitriles is 1. The van der Waals surface area contributed by atoms with Crippen LogP contribution in [0.1, 0.15) is 58.1 Å². The molecule has 11 heteroatoms. The van der Waals surface area contributed by atoms with Crippen molar-refractivity contribution in [2.45, 2.75) is 76.6 Å². The molecule has 4 atom stereocenters. The molecule has 2 heterocycles. The fourth-order valence-electron chi connectivity index (χ4n) is 6.09. The van der Waals surface area contributed by atoms with Gasteiger partial charge in [-0.1, -0.05) is 62.2 Å². The molecule has 3 aromatic rings. The summed E-state index contributed by atoms with van der Waals surface area (Å²) in [5.41, 5.74) is -3.07. The summed E-state index contributed by atoms with van der Waals surface area (Å²) in [6.07, 6.45) is 1.99. The summed E-state index contributed by atoms with van der Waals surface area (Å²) in [6, 6.07) is 10.6. The molecule has 1 saturated heterocycles. The van der Waals surface area contributed by atoms with Gasteiger partial charge in [-0.3, -0.25) is 14.4 Å². The molecule has 1 amide bonds. The summed E-state index contributed by atoms with van der Waals surface area (Å²) in [6.45, 7) is 9.41. The third kappa shape index (κ3) is 6.18. The van der Waals surface area contributed by atoms with Crippen LogP contribution in [0.5, 0.6) is 0 Å². The number of anilines is 1. The number of carbonyl (C=O) groups excluding carboxylic acids is 1. The summed E-state index contributed by atoms with van der Waals surface area (Å²) < 4.78 is 33.2. The fourth-order valence-corrected chi connectivity index (χ4v) is 6.43. The maximum Gasteiger partial charge on any atom is 0.243 e. The van der Waals surface area contributed by atoms with E-state index in [9.17, 15) is 15.2 Å². The van der Waals surface area contributed by atoms with E-state index in [1.54, 1.807) is 44.1 Å². The molecule has 42 heavy (non-hydrogen) atoms. The molecule has 224 valence electrons. The van der Waals surface area contributed by atoms with E-state index in [1.807, 2.05) is 20.8 Å². The third-order valence-corrected chi connectivity index (χ3v) is 8.18. The van der Waals surface area contributed by atoms with E-state index in [4.69, 9.17) is 23.2 Å². The minimum atomic E-state index is -1.72. The zero-order chi connectivity index (χ0) is 31.2. The first-order valence-corrected chi connectivity index (χ1v) is 14.3. The van der Waals surface area contributed by atoms with Crippen molar-refractivity contribution in [2.24, 2.45) is 5.41 Å². The number of likely N-dealkylation sites (tertiary alicyclic amines) is 1. The quantitative estimate of drug-likeness (QED) is 0.314. The number of carbonyl (C=O) groups is 1. The zero-order valence-electron chi connectivity index (χ0n) is 24.4. The lowest BCUT2D eigenvalue weighted by atomic mass is 9.62. The number of hydrogen-bond acceptors (Lipinski definition) is 5. The van der Waals surface area contributed by atoms with Gasteiger partial charge in [0.15, 0.2) is 5.82 Å². The van der Waals surface area contributed by atoms with Crippen LogP contribution >= 0.6 is 23.2 Å². The van der Waals surface area contributed by atoms with E-state index in [2.05, 4.69) is 16.5 Å². The molecule has 4 unspecified atom stereocenters. The molecule has 0 spiro atoms. The molecule has 7 nitrogen and oxygen atoms in total. The standard InChI is InChI=1S/C31H35Cl2F2N5O2/c1-29(2,3)15-23-31(16-36,20-11-10-18(32)14-22(20)34)25(19-8-7-9-21(33)26(19)35)27(39(23)6)28(41)37-24-12-13-40(38-24)17-30(4,5)42/h7-14,23,25,27,42H,15,17H2,1-6H3,(H,37,38,41). The Kier molecular flexibility index (Phi) is 8.79. The van der Waals surface area contributed by atoms with E-state index >= 15 is 8.78 Å². The Labute approximate surface area is 255 Å². The summed E-state index contributed by atoms with van der Waals surface area (Å²) >= 11 is 12.3. The first-order valence-electron chi connectivity index (χ1n) is 13.6. The Morgan fingerprint density at radius 2 is 1.86 bits per heavy atom. The molecule has 1 aliphatic rings. The Bertz CT molecular complexity index is 1520. The number of nitrogens with zero attached hydrogens (tertiary/aromatic N) is 4. The molecule has 1 aliphatic heterocycles. The van der Waals surface area contributed by atoms with Crippen LogP contribution in [0.15, 0.2) is 48.7 Å². The Morgan fingerprint density at radius 3 is 2.45 bits per heavy atom. The monoisotopic (exact) mass is 617 g/mol. The lowest BCUT2D eigenvalue weighted by Gasteiger charge is -2.38. The molecule has 0 bridgehead atoms. The number of halogens is 4. The summed E-state index contributed by atoms with van der Waals surface area (Å²) in [5.74, 6) is -3.03. The summed E-state index contributed by atoms with van der Waals surface area (Å²) in [4.78, 5) is 15.9. The number of benzene rings is 2. The molecule has 1 fully saturated rings. The zero-order valence-corrected chi connectivity index (χ0v) is 25.9. The number of amides is 1. The van der Waals surface area contributed by atoms with Crippen molar-refractivity contribution >= 4 is 34.9 Å². The highest BCUT2D eigenvalue weighted by atomic mass is 35.5. The highest BCUT2D eigenvalue weighted by Crippen LogP contribution is 2.56. The predicted molar refractivity (Wildman–Crippen MR) is 159 cm³/mol. The van der Waals surface area contributed by atoms with E-state index in [1.165, 1.54) is 28.9 Å². The van der Waals surface area contributed by atoms with Crippen LogP contribution in [0.25, 0.3) is 0 Å². The number of likely N-dealkylation sites (N-methyl/N-ethyl adjacent to an activating group) is 1. The van der Waals surface area contributed by atoms with Gasteiger partial charge in [0, 0.05) is 34.8 Å². The van der Waals surface area contributed by atoms with Crippen molar-refractivity contribution in [3.8, 4) is 6.07 Å². The lowest BCUT2D eigenvalue weighted by molar-refractivity contribution is -0.120. The Balaban J connectivity index is 1.94. The number of hydrogen-bond donors (Lipinski definition) is 2. The smallest absolute Gasteiger partial charge is 0.243 e. The van der Waals surface area contributed by atoms with Crippen molar-refractivity contribution in [1.82, 2.24) is 14.7 Å². The molecule has 1 aromatic heterocycles. The second kappa shape index (κ2) is 11.6. The maximum atomic E-state index is 15.9. The van der Waals surface area contributed by atoms with Crippen LogP contribution in [-0.2, 0) is 16.8 Å². The van der Waals surface area contributed by atoms with Gasteiger partial charge in [-0.05, 0) is 56.5 Å². The van der Waals surface area contributed by atoms with E-state index in [0.29, 0.717) is 6.42 Å². The van der Waals surface area contributed by atoms with Crippen LogP contribution in [0.3, 0.4) is 0 Å². The highest BCUT2D eigenvalue weighted by molar-refractivity contribution is 6.31. The van der Waals surface area contributed by atoms with E-state index in [-0.39, 0.29) is 38.9 Å². The van der Waals surface area contributed by atoms with Crippen LogP contribution < -0.4 is 5.32 Å². The Hall–Kier alpha value is -3.03. The molecule has 0 radical (unpaired) electrons. The van der Waals surface area contributed by atoms with Crippen molar-refractivity contribution < 1.29 is 18.7 Å². The first kappa shape index (κ1) is 31.9. The van der Waals surface area contributed by atoms with Crippen molar-refractivity contribution in [3.05, 3.63) is 81.5 Å². The number of nitrogens with one attached hydrogen (secondary N) is 1. The second-order valence-corrected chi connectivity index (χ2v) is 13.7. The molecular formula is C31H35Cl2F2N5O2. The molecular weight excluding hydrogens is 583 g/mol. The van der Waals surface area contributed by atoms with Crippen LogP contribution in [0, 0.1) is 28.4 Å². The molecule has 2 N–H and O–H groups in total.